The number of carbonyl (C=O) groups excluding carboxylic acids is 2. The second-order valence-electron chi connectivity index (χ2n) is 15.8. The molecule has 0 saturated carbocycles. The minimum absolute atomic E-state index is 0.000910. The number of allylic oxidation sites excluding steroid dienone is 4. The summed E-state index contributed by atoms with van der Waals surface area (Å²) in [6.07, 6.45) is 48.0. The lowest BCUT2D eigenvalue weighted by Gasteiger charge is -2.19. The molecule has 0 radical (unpaired) electrons. The fraction of sp³-hybridized carbons (Fsp3) is 0.872. The number of unbranched alkanes of at least 4 members (excludes halogenated alkanes) is 28. The van der Waals surface area contributed by atoms with E-state index in [4.69, 9.17) is 18.5 Å². The summed E-state index contributed by atoms with van der Waals surface area (Å²) in [7, 11) is -4.28. The molecule has 56 heavy (non-hydrogen) atoms. The van der Waals surface area contributed by atoms with E-state index in [2.05, 4.69) is 38.2 Å². The highest BCUT2D eigenvalue weighted by Crippen LogP contribution is 2.43. The molecule has 0 aromatic carbocycles. The van der Waals surface area contributed by atoms with E-state index in [0.29, 0.717) is 12.8 Å². The summed E-state index contributed by atoms with van der Waals surface area (Å²) in [5.41, 5.74) is 0. The van der Waals surface area contributed by atoms with Gasteiger partial charge in [0.2, 0.25) is 0 Å². The van der Waals surface area contributed by atoms with E-state index in [9.17, 15) is 19.0 Å². The minimum Gasteiger partial charge on any atom is -0.462 e. The van der Waals surface area contributed by atoms with Crippen LogP contribution in [0, 0.1) is 0 Å². The molecular weight excluding hydrogens is 723 g/mol. The van der Waals surface area contributed by atoms with Crippen molar-refractivity contribution < 1.29 is 37.6 Å². The molecule has 0 heterocycles. The van der Waals surface area contributed by atoms with E-state index >= 15 is 0 Å². The zero-order valence-corrected chi connectivity index (χ0v) is 37.7. The van der Waals surface area contributed by atoms with Crippen molar-refractivity contribution in [1.82, 2.24) is 0 Å². The number of carbonyl (C=O) groups is 2. The molecule has 0 aliphatic rings. The Hall–Kier alpha value is -1.47. The van der Waals surface area contributed by atoms with Gasteiger partial charge in [-0.05, 0) is 71.1 Å². The molecule has 0 aliphatic heterocycles. The molecule has 9 heteroatoms. The summed E-state index contributed by atoms with van der Waals surface area (Å²) in [4.78, 5) is 34.8. The van der Waals surface area contributed by atoms with Gasteiger partial charge in [0.1, 0.15) is 6.61 Å². The van der Waals surface area contributed by atoms with Crippen LogP contribution < -0.4 is 0 Å². The molecule has 0 bridgehead atoms. The Bertz CT molecular complexity index is 968. The number of hydrogen-bond acceptors (Lipinski definition) is 7. The number of hydrogen-bond donors (Lipinski definition) is 1. The van der Waals surface area contributed by atoms with E-state index < -0.39 is 26.5 Å². The van der Waals surface area contributed by atoms with Gasteiger partial charge < -0.3 is 14.4 Å². The molecule has 0 aromatic heterocycles. The first-order valence-corrected chi connectivity index (χ1v) is 25.1. The molecule has 330 valence electrons. The van der Waals surface area contributed by atoms with Gasteiger partial charge in [0.25, 0.3) is 0 Å². The van der Waals surface area contributed by atoms with Gasteiger partial charge in [-0.25, -0.2) is 4.57 Å². The van der Waals surface area contributed by atoms with Gasteiger partial charge in [0.05, 0.1) is 13.2 Å². The highest BCUT2D eigenvalue weighted by atomic mass is 31.2. The first kappa shape index (κ1) is 54.5. The van der Waals surface area contributed by atoms with E-state index in [-0.39, 0.29) is 25.6 Å². The van der Waals surface area contributed by atoms with E-state index in [1.54, 1.807) is 6.92 Å². The van der Waals surface area contributed by atoms with Crippen LogP contribution in [0.25, 0.3) is 0 Å². The van der Waals surface area contributed by atoms with Crippen LogP contribution in [0.5, 0.6) is 0 Å². The van der Waals surface area contributed by atoms with Gasteiger partial charge in [-0.1, -0.05) is 179 Å². The Labute approximate surface area is 345 Å². The third-order valence-corrected chi connectivity index (χ3v) is 11.3. The second kappa shape index (κ2) is 43.1. The quantitative estimate of drug-likeness (QED) is 0.0280. The predicted molar refractivity (Wildman–Crippen MR) is 235 cm³/mol. The lowest BCUT2D eigenvalue weighted by molar-refractivity contribution is -0.161. The summed E-state index contributed by atoms with van der Waals surface area (Å²) in [5.74, 6) is -0.796. The second-order valence-corrected chi connectivity index (χ2v) is 17.2. The SMILES string of the molecule is CCCCCCCC/C=C\CCCCCCCCCCCC(=O)OC(COC(=O)CCCCCCCCC/C=C\CCCCCCCC)COP(=O)(O)OCC. The summed E-state index contributed by atoms with van der Waals surface area (Å²) in [6.45, 7) is 5.49. The zero-order chi connectivity index (χ0) is 41.1. The first-order chi connectivity index (χ1) is 27.3. The van der Waals surface area contributed by atoms with Crippen molar-refractivity contribution in [2.75, 3.05) is 19.8 Å². The van der Waals surface area contributed by atoms with Crippen molar-refractivity contribution in [2.24, 2.45) is 0 Å². The number of rotatable bonds is 44. The fourth-order valence-electron chi connectivity index (χ4n) is 6.74. The molecule has 0 fully saturated rings. The summed E-state index contributed by atoms with van der Waals surface area (Å²) >= 11 is 0. The Morgan fingerprint density at radius 3 is 1.18 bits per heavy atom. The predicted octanol–water partition coefficient (Wildman–Crippen LogP) is 15.0. The third-order valence-electron chi connectivity index (χ3n) is 10.2. The van der Waals surface area contributed by atoms with Crippen molar-refractivity contribution in [3.05, 3.63) is 24.3 Å². The van der Waals surface area contributed by atoms with Gasteiger partial charge in [-0.3, -0.25) is 18.6 Å². The number of esters is 2. The van der Waals surface area contributed by atoms with Crippen molar-refractivity contribution in [2.45, 2.75) is 245 Å². The average Bonchev–Trinajstić information content (AvgIpc) is 3.18. The van der Waals surface area contributed by atoms with Gasteiger partial charge >= 0.3 is 19.8 Å². The van der Waals surface area contributed by atoms with Crippen LogP contribution in [0.3, 0.4) is 0 Å². The van der Waals surface area contributed by atoms with Crippen LogP contribution in [0.1, 0.15) is 239 Å². The molecule has 0 saturated heterocycles. The molecule has 2 unspecified atom stereocenters. The van der Waals surface area contributed by atoms with Crippen LogP contribution in [0.15, 0.2) is 24.3 Å². The standard InChI is InChI=1S/C47H89O8P/c1-4-7-9-11-13-15-17-19-21-23-24-26-28-30-32-34-36-38-40-42-47(49)55-45(44-54-56(50,51)53-6-3)43-52-46(48)41-39-37-35-33-31-29-27-25-22-20-18-16-14-12-10-8-5-2/h19-22,45H,4-18,23-44H2,1-3H3,(H,50,51)/b21-19-,22-20-. The molecule has 2 atom stereocenters. The molecule has 0 aliphatic carbocycles. The van der Waals surface area contributed by atoms with E-state index in [0.717, 1.165) is 32.1 Å². The fourth-order valence-corrected chi connectivity index (χ4v) is 7.49. The number of phosphoric acid groups is 1. The lowest BCUT2D eigenvalue weighted by Crippen LogP contribution is -2.29. The maximum Gasteiger partial charge on any atom is 0.472 e. The molecule has 0 amide bonds. The van der Waals surface area contributed by atoms with E-state index in [1.165, 1.54) is 167 Å². The maximum absolute atomic E-state index is 12.6. The molecule has 1 N–H and O–H groups in total. The van der Waals surface area contributed by atoms with Gasteiger partial charge in [-0.15, -0.1) is 0 Å². The Morgan fingerprint density at radius 2 is 0.804 bits per heavy atom. The summed E-state index contributed by atoms with van der Waals surface area (Å²) in [6, 6.07) is 0. The Kier molecular flexibility index (Phi) is 42.0. The van der Waals surface area contributed by atoms with Gasteiger partial charge in [0.15, 0.2) is 6.10 Å². The molecule has 0 spiro atoms. The third kappa shape index (κ3) is 42.1. The maximum atomic E-state index is 12.6. The molecule has 8 nitrogen and oxygen atoms in total. The summed E-state index contributed by atoms with van der Waals surface area (Å²) in [5, 5.41) is 0. The van der Waals surface area contributed by atoms with Crippen LogP contribution in [0.2, 0.25) is 0 Å². The van der Waals surface area contributed by atoms with Crippen molar-refractivity contribution in [3.63, 3.8) is 0 Å². The minimum atomic E-state index is -4.28. The van der Waals surface area contributed by atoms with Crippen LogP contribution >= 0.6 is 7.82 Å². The molecule has 0 rings (SSSR count). The zero-order valence-electron chi connectivity index (χ0n) is 36.8. The monoisotopic (exact) mass is 813 g/mol. The first-order valence-electron chi connectivity index (χ1n) is 23.6. The summed E-state index contributed by atoms with van der Waals surface area (Å²) < 4.78 is 32.7. The smallest absolute Gasteiger partial charge is 0.462 e. The van der Waals surface area contributed by atoms with Crippen molar-refractivity contribution >= 4 is 19.8 Å². The topological polar surface area (TPSA) is 108 Å². The van der Waals surface area contributed by atoms with Crippen molar-refractivity contribution in [3.8, 4) is 0 Å². The normalized spacial score (nSPS) is 13.4. The Balaban J connectivity index is 4.02. The lowest BCUT2D eigenvalue weighted by atomic mass is 10.1. The van der Waals surface area contributed by atoms with Crippen molar-refractivity contribution in [1.29, 1.82) is 0 Å². The highest BCUT2D eigenvalue weighted by molar-refractivity contribution is 7.47. The van der Waals surface area contributed by atoms with Gasteiger partial charge in [-0.2, -0.15) is 0 Å². The highest BCUT2D eigenvalue weighted by Gasteiger charge is 2.25. The van der Waals surface area contributed by atoms with Crippen LogP contribution in [0.4, 0.5) is 0 Å². The molecule has 0 aromatic rings. The number of phosphoric ester groups is 1. The van der Waals surface area contributed by atoms with Gasteiger partial charge in [0, 0.05) is 12.8 Å². The molecular formula is C47H89O8P. The van der Waals surface area contributed by atoms with Crippen LogP contribution in [-0.2, 0) is 32.7 Å². The average molecular weight is 813 g/mol. The van der Waals surface area contributed by atoms with E-state index in [1.807, 2.05) is 0 Å². The largest absolute Gasteiger partial charge is 0.472 e. The number of ether oxygens (including phenoxy) is 2. The van der Waals surface area contributed by atoms with Crippen LogP contribution in [-0.4, -0.2) is 42.8 Å². The Morgan fingerprint density at radius 1 is 0.464 bits per heavy atom.